The number of H-pyrrole nitrogens is 2. The van der Waals surface area contributed by atoms with Crippen LogP contribution in [-0.2, 0) is 6.54 Å². The Balaban J connectivity index is 1.87. The lowest BCUT2D eigenvalue weighted by atomic mass is 10.2. The van der Waals surface area contributed by atoms with Crippen molar-refractivity contribution in [1.29, 1.82) is 0 Å². The first-order valence-corrected chi connectivity index (χ1v) is 6.24. The number of halogens is 1. The summed E-state index contributed by atoms with van der Waals surface area (Å²) in [7, 11) is 0. The van der Waals surface area contributed by atoms with Crippen LogP contribution >= 0.6 is 11.6 Å². The minimum Gasteiger partial charge on any atom is -0.448 e. The number of hydrogen-bond donors (Lipinski definition) is 3. The van der Waals surface area contributed by atoms with Crippen LogP contribution in [0, 0.1) is 0 Å². The number of furan rings is 1. The van der Waals surface area contributed by atoms with E-state index >= 15 is 0 Å². The Bertz CT molecular complexity index is 878. The minimum atomic E-state index is -0.674. The first kappa shape index (κ1) is 12.6. The maximum absolute atomic E-state index is 11.3. The van der Waals surface area contributed by atoms with E-state index in [2.05, 4.69) is 15.3 Å². The van der Waals surface area contributed by atoms with E-state index in [1.807, 2.05) is 0 Å². The van der Waals surface area contributed by atoms with E-state index in [-0.39, 0.29) is 0 Å². The van der Waals surface area contributed by atoms with E-state index in [4.69, 9.17) is 16.0 Å². The molecule has 3 aromatic rings. The first-order chi connectivity index (χ1) is 9.61. The molecule has 0 bridgehead atoms. The van der Waals surface area contributed by atoms with Crippen LogP contribution in [0.3, 0.4) is 0 Å². The normalized spacial score (nSPS) is 10.8. The fraction of sp³-hybridized carbons (Fsp3) is 0.0769. The van der Waals surface area contributed by atoms with Crippen molar-refractivity contribution in [3.05, 3.63) is 62.0 Å². The number of fused-ring (bicyclic) bond motifs is 1. The molecule has 0 unspecified atom stereocenters. The van der Waals surface area contributed by atoms with E-state index in [0.29, 0.717) is 28.6 Å². The Hall–Kier alpha value is -2.47. The predicted octanol–water partition coefficient (Wildman–Crippen LogP) is 2.07. The number of hydrogen-bond acceptors (Lipinski definition) is 4. The molecule has 0 aliphatic heterocycles. The van der Waals surface area contributed by atoms with Gasteiger partial charge in [0.15, 0.2) is 5.22 Å². The first-order valence-electron chi connectivity index (χ1n) is 5.86. The highest BCUT2D eigenvalue weighted by Gasteiger charge is 2.02. The number of aromatic amines is 2. The topological polar surface area (TPSA) is 90.9 Å². The van der Waals surface area contributed by atoms with Crippen LogP contribution < -0.4 is 16.4 Å². The fourth-order valence-electron chi connectivity index (χ4n) is 1.86. The lowest BCUT2D eigenvalue weighted by molar-refractivity contribution is 0.520. The van der Waals surface area contributed by atoms with Gasteiger partial charge in [-0.05, 0) is 41.9 Å². The van der Waals surface area contributed by atoms with Gasteiger partial charge in [0, 0.05) is 5.69 Å². The SMILES string of the molecule is O=c1[nH]c2ccc(NCc3ccc(Cl)o3)cc2[nH]c1=O. The van der Waals surface area contributed by atoms with Gasteiger partial charge < -0.3 is 19.7 Å². The van der Waals surface area contributed by atoms with Crippen LogP contribution in [0.15, 0.2) is 44.3 Å². The van der Waals surface area contributed by atoms with Crippen molar-refractivity contribution >= 4 is 28.3 Å². The zero-order chi connectivity index (χ0) is 14.1. The highest BCUT2D eigenvalue weighted by atomic mass is 35.5. The Morgan fingerprint density at radius 1 is 1.05 bits per heavy atom. The van der Waals surface area contributed by atoms with Crippen LogP contribution in [0.2, 0.25) is 5.22 Å². The zero-order valence-corrected chi connectivity index (χ0v) is 11.0. The Kier molecular flexibility index (Phi) is 3.08. The summed E-state index contributed by atoms with van der Waals surface area (Å²) in [5, 5.41) is 3.47. The van der Waals surface area contributed by atoms with Crippen LogP contribution in [0.25, 0.3) is 11.0 Å². The molecule has 0 saturated carbocycles. The van der Waals surface area contributed by atoms with Crippen molar-refractivity contribution in [1.82, 2.24) is 9.97 Å². The standard InChI is InChI=1S/C13H10ClN3O3/c14-11-4-2-8(20-11)6-15-7-1-3-9-10(5-7)17-13(19)12(18)16-9/h1-5,15H,6H2,(H,16,18)(H,17,19). The molecule has 3 rings (SSSR count). The number of anilines is 1. The number of aromatic nitrogens is 2. The second-order valence-corrected chi connectivity index (χ2v) is 4.60. The zero-order valence-electron chi connectivity index (χ0n) is 10.2. The van der Waals surface area contributed by atoms with Crippen molar-refractivity contribution in [2.45, 2.75) is 6.54 Å². The summed E-state index contributed by atoms with van der Waals surface area (Å²) in [6, 6.07) is 8.68. The monoisotopic (exact) mass is 291 g/mol. The molecule has 0 atom stereocenters. The molecule has 2 aromatic heterocycles. The van der Waals surface area contributed by atoms with Crippen molar-refractivity contribution in [2.24, 2.45) is 0 Å². The highest BCUT2D eigenvalue weighted by Crippen LogP contribution is 2.17. The summed E-state index contributed by atoms with van der Waals surface area (Å²) in [4.78, 5) is 27.5. The smallest absolute Gasteiger partial charge is 0.314 e. The third-order valence-electron chi connectivity index (χ3n) is 2.82. The average molecular weight is 292 g/mol. The van der Waals surface area contributed by atoms with Crippen molar-refractivity contribution in [2.75, 3.05) is 5.32 Å². The van der Waals surface area contributed by atoms with Gasteiger partial charge in [-0.3, -0.25) is 9.59 Å². The summed E-state index contributed by atoms with van der Waals surface area (Å²) in [5.74, 6) is 0.699. The number of rotatable bonds is 3. The van der Waals surface area contributed by atoms with Crippen molar-refractivity contribution in [3.63, 3.8) is 0 Å². The van der Waals surface area contributed by atoms with E-state index in [9.17, 15) is 9.59 Å². The molecule has 0 fully saturated rings. The molecule has 7 heteroatoms. The van der Waals surface area contributed by atoms with Gasteiger partial charge in [-0.25, -0.2) is 0 Å². The van der Waals surface area contributed by atoms with E-state index < -0.39 is 11.1 Å². The Morgan fingerprint density at radius 3 is 2.50 bits per heavy atom. The summed E-state index contributed by atoms with van der Waals surface area (Å²) < 4.78 is 5.23. The van der Waals surface area contributed by atoms with Gasteiger partial charge in [0.05, 0.1) is 17.6 Å². The molecule has 1 aromatic carbocycles. The Labute approximate surface area is 117 Å². The molecule has 0 aliphatic rings. The van der Waals surface area contributed by atoms with Gasteiger partial charge in [0.1, 0.15) is 5.76 Å². The molecule has 6 nitrogen and oxygen atoms in total. The maximum Gasteiger partial charge on any atom is 0.314 e. The van der Waals surface area contributed by atoms with Crippen LogP contribution in [0.4, 0.5) is 5.69 Å². The van der Waals surface area contributed by atoms with Gasteiger partial charge in [0.2, 0.25) is 0 Å². The van der Waals surface area contributed by atoms with E-state index in [0.717, 1.165) is 5.69 Å². The Morgan fingerprint density at radius 2 is 1.80 bits per heavy atom. The van der Waals surface area contributed by atoms with Crippen LogP contribution in [-0.4, -0.2) is 9.97 Å². The molecule has 3 N–H and O–H groups in total. The highest BCUT2D eigenvalue weighted by molar-refractivity contribution is 6.28. The lowest BCUT2D eigenvalue weighted by Crippen LogP contribution is -2.28. The summed E-state index contributed by atoms with van der Waals surface area (Å²) in [6.45, 7) is 0.464. The van der Waals surface area contributed by atoms with Gasteiger partial charge in [-0.1, -0.05) is 0 Å². The van der Waals surface area contributed by atoms with Crippen LogP contribution in [0.1, 0.15) is 5.76 Å². The maximum atomic E-state index is 11.3. The fourth-order valence-corrected chi connectivity index (χ4v) is 2.02. The molecule has 2 heterocycles. The van der Waals surface area contributed by atoms with Crippen LogP contribution in [0.5, 0.6) is 0 Å². The van der Waals surface area contributed by atoms with E-state index in [1.165, 1.54) is 0 Å². The predicted molar refractivity (Wildman–Crippen MR) is 76.2 cm³/mol. The number of nitrogens with one attached hydrogen (secondary N) is 3. The quantitative estimate of drug-likeness (QED) is 0.644. The molecule has 0 radical (unpaired) electrons. The summed E-state index contributed by atoms with van der Waals surface area (Å²) >= 11 is 5.68. The lowest BCUT2D eigenvalue weighted by Gasteiger charge is -2.05. The average Bonchev–Trinajstić information content (AvgIpc) is 2.84. The molecular formula is C13H10ClN3O3. The second kappa shape index (κ2) is 4.90. The van der Waals surface area contributed by atoms with Gasteiger partial charge in [0.25, 0.3) is 0 Å². The molecule has 0 spiro atoms. The third kappa shape index (κ3) is 2.46. The van der Waals surface area contributed by atoms with Gasteiger partial charge >= 0.3 is 11.1 Å². The van der Waals surface area contributed by atoms with Crippen molar-refractivity contribution < 1.29 is 4.42 Å². The largest absolute Gasteiger partial charge is 0.448 e. The summed E-state index contributed by atoms with van der Waals surface area (Å²) in [5.41, 5.74) is 0.571. The second-order valence-electron chi connectivity index (χ2n) is 4.23. The van der Waals surface area contributed by atoms with Gasteiger partial charge in [-0.2, -0.15) is 0 Å². The third-order valence-corrected chi connectivity index (χ3v) is 3.02. The molecule has 0 amide bonds. The van der Waals surface area contributed by atoms with E-state index in [1.54, 1.807) is 30.3 Å². The minimum absolute atomic E-state index is 0.335. The molecule has 0 aliphatic carbocycles. The van der Waals surface area contributed by atoms with Crippen molar-refractivity contribution in [3.8, 4) is 0 Å². The molecule has 20 heavy (non-hydrogen) atoms. The van der Waals surface area contributed by atoms with Gasteiger partial charge in [-0.15, -0.1) is 0 Å². The number of benzene rings is 1. The molecule has 0 saturated heterocycles. The molecule has 102 valence electrons. The summed E-state index contributed by atoms with van der Waals surface area (Å²) in [6.07, 6.45) is 0. The molecular weight excluding hydrogens is 282 g/mol.